The van der Waals surface area contributed by atoms with Crippen LogP contribution in [0.15, 0.2) is 18.3 Å². The third-order valence-electron chi connectivity index (χ3n) is 3.25. The minimum Gasteiger partial charge on any atom is -0.311 e. The molecular formula is C14H24N2. The lowest BCUT2D eigenvalue weighted by Gasteiger charge is -2.14. The number of hydrogen-bond donors (Lipinski definition) is 1. The summed E-state index contributed by atoms with van der Waals surface area (Å²) in [6.45, 7) is 8.71. The smallest absolute Gasteiger partial charge is 0.0573 e. The van der Waals surface area contributed by atoms with Crippen LogP contribution in [0.5, 0.6) is 0 Å². The van der Waals surface area contributed by atoms with E-state index in [0.29, 0.717) is 0 Å². The molecule has 16 heavy (non-hydrogen) atoms. The number of rotatable bonds is 7. The summed E-state index contributed by atoms with van der Waals surface area (Å²) < 4.78 is 0. The van der Waals surface area contributed by atoms with Crippen LogP contribution in [0.1, 0.15) is 44.9 Å². The van der Waals surface area contributed by atoms with Crippen LogP contribution in [0.4, 0.5) is 0 Å². The maximum atomic E-state index is 4.44. The van der Waals surface area contributed by atoms with Gasteiger partial charge in [0, 0.05) is 12.7 Å². The van der Waals surface area contributed by atoms with E-state index in [9.17, 15) is 0 Å². The molecule has 2 nitrogen and oxygen atoms in total. The van der Waals surface area contributed by atoms with E-state index in [1.807, 2.05) is 12.3 Å². The predicted molar refractivity (Wildman–Crippen MR) is 69.4 cm³/mol. The third kappa shape index (κ3) is 3.93. The zero-order chi connectivity index (χ0) is 11.8. The molecule has 0 aromatic carbocycles. The maximum absolute atomic E-state index is 4.44. The number of pyridine rings is 1. The predicted octanol–water partition coefficient (Wildman–Crippen LogP) is 3.17. The SMILES string of the molecule is CCc1cccnc1CNCC(CC)CC. The van der Waals surface area contributed by atoms with Gasteiger partial charge in [0.2, 0.25) is 0 Å². The molecule has 0 atom stereocenters. The summed E-state index contributed by atoms with van der Waals surface area (Å²) in [7, 11) is 0. The minimum absolute atomic E-state index is 0.800. The quantitative estimate of drug-likeness (QED) is 0.763. The lowest BCUT2D eigenvalue weighted by Crippen LogP contribution is -2.22. The lowest BCUT2D eigenvalue weighted by molar-refractivity contribution is 0.447. The van der Waals surface area contributed by atoms with E-state index >= 15 is 0 Å². The van der Waals surface area contributed by atoms with Crippen LogP contribution < -0.4 is 5.32 Å². The van der Waals surface area contributed by atoms with E-state index in [1.54, 1.807) is 0 Å². The van der Waals surface area contributed by atoms with Gasteiger partial charge in [0.25, 0.3) is 0 Å². The Balaban J connectivity index is 2.42. The van der Waals surface area contributed by atoms with Crippen LogP contribution in [-0.4, -0.2) is 11.5 Å². The normalized spacial score (nSPS) is 11.0. The average molecular weight is 220 g/mol. The second-order valence-corrected chi connectivity index (χ2v) is 4.28. The van der Waals surface area contributed by atoms with Crippen molar-refractivity contribution in [3.05, 3.63) is 29.6 Å². The molecule has 0 aliphatic heterocycles. The van der Waals surface area contributed by atoms with Crippen molar-refractivity contribution in [3.8, 4) is 0 Å². The highest BCUT2D eigenvalue weighted by Gasteiger charge is 2.04. The van der Waals surface area contributed by atoms with Crippen LogP contribution in [0, 0.1) is 5.92 Å². The molecule has 0 radical (unpaired) electrons. The highest BCUT2D eigenvalue weighted by atomic mass is 14.9. The van der Waals surface area contributed by atoms with Crippen molar-refractivity contribution >= 4 is 0 Å². The zero-order valence-corrected chi connectivity index (χ0v) is 10.8. The van der Waals surface area contributed by atoms with Gasteiger partial charge in [-0.1, -0.05) is 39.7 Å². The first kappa shape index (κ1) is 13.2. The number of aryl methyl sites for hydroxylation is 1. The van der Waals surface area contributed by atoms with E-state index in [4.69, 9.17) is 0 Å². The fourth-order valence-corrected chi connectivity index (χ4v) is 1.92. The molecule has 0 aliphatic rings. The lowest BCUT2D eigenvalue weighted by atomic mass is 10.0. The van der Waals surface area contributed by atoms with E-state index in [2.05, 4.69) is 37.1 Å². The van der Waals surface area contributed by atoms with Crippen LogP contribution >= 0.6 is 0 Å². The van der Waals surface area contributed by atoms with Gasteiger partial charge in [-0.05, 0) is 30.5 Å². The van der Waals surface area contributed by atoms with E-state index in [-0.39, 0.29) is 0 Å². The average Bonchev–Trinajstić information content (AvgIpc) is 2.35. The minimum atomic E-state index is 0.800. The van der Waals surface area contributed by atoms with Crippen molar-refractivity contribution in [2.75, 3.05) is 6.54 Å². The fraction of sp³-hybridized carbons (Fsp3) is 0.643. The molecule has 90 valence electrons. The van der Waals surface area contributed by atoms with Gasteiger partial charge >= 0.3 is 0 Å². The Kier molecular flexibility index (Phi) is 6.09. The number of hydrogen-bond acceptors (Lipinski definition) is 2. The van der Waals surface area contributed by atoms with Crippen molar-refractivity contribution in [1.82, 2.24) is 10.3 Å². The molecule has 1 heterocycles. The molecule has 0 saturated heterocycles. The Morgan fingerprint density at radius 1 is 1.25 bits per heavy atom. The molecule has 1 aromatic rings. The Bertz CT molecular complexity index is 293. The summed E-state index contributed by atoms with van der Waals surface area (Å²) in [5, 5.41) is 3.52. The van der Waals surface area contributed by atoms with Gasteiger partial charge in [0.05, 0.1) is 5.69 Å². The van der Waals surface area contributed by atoms with Gasteiger partial charge in [-0.3, -0.25) is 4.98 Å². The molecule has 0 bridgehead atoms. The Morgan fingerprint density at radius 2 is 2.00 bits per heavy atom. The first-order chi connectivity index (χ1) is 7.81. The molecular weight excluding hydrogens is 196 g/mol. The monoisotopic (exact) mass is 220 g/mol. The van der Waals surface area contributed by atoms with Crippen LogP contribution in [-0.2, 0) is 13.0 Å². The summed E-state index contributed by atoms with van der Waals surface area (Å²) in [6.07, 6.45) is 5.46. The fourth-order valence-electron chi connectivity index (χ4n) is 1.92. The Labute approximate surface area is 99.5 Å². The zero-order valence-electron chi connectivity index (χ0n) is 10.8. The number of aromatic nitrogens is 1. The number of nitrogens with zero attached hydrogens (tertiary/aromatic N) is 1. The van der Waals surface area contributed by atoms with Gasteiger partial charge < -0.3 is 5.32 Å². The molecule has 1 aromatic heterocycles. The molecule has 1 N–H and O–H groups in total. The van der Waals surface area contributed by atoms with Crippen LogP contribution in [0.2, 0.25) is 0 Å². The van der Waals surface area contributed by atoms with E-state index in [0.717, 1.165) is 25.4 Å². The van der Waals surface area contributed by atoms with Gasteiger partial charge in [0.15, 0.2) is 0 Å². The molecule has 0 aliphatic carbocycles. The van der Waals surface area contributed by atoms with Crippen molar-refractivity contribution in [3.63, 3.8) is 0 Å². The standard InChI is InChI=1S/C14H24N2/c1-4-12(5-2)10-15-11-14-13(6-3)8-7-9-16-14/h7-9,12,15H,4-6,10-11H2,1-3H3. The second-order valence-electron chi connectivity index (χ2n) is 4.28. The molecule has 0 unspecified atom stereocenters. The van der Waals surface area contributed by atoms with Crippen LogP contribution in [0.25, 0.3) is 0 Å². The van der Waals surface area contributed by atoms with Crippen molar-refractivity contribution in [2.45, 2.75) is 46.6 Å². The molecule has 1 rings (SSSR count). The molecule has 2 heteroatoms. The van der Waals surface area contributed by atoms with Gasteiger partial charge in [-0.25, -0.2) is 0 Å². The summed E-state index contributed by atoms with van der Waals surface area (Å²) in [5.74, 6) is 0.800. The first-order valence-corrected chi connectivity index (χ1v) is 6.45. The third-order valence-corrected chi connectivity index (χ3v) is 3.25. The van der Waals surface area contributed by atoms with Gasteiger partial charge in [-0.2, -0.15) is 0 Å². The van der Waals surface area contributed by atoms with Crippen molar-refractivity contribution in [1.29, 1.82) is 0 Å². The molecule has 0 fully saturated rings. The number of nitrogens with one attached hydrogen (secondary N) is 1. The highest BCUT2D eigenvalue weighted by molar-refractivity contribution is 5.19. The summed E-state index contributed by atoms with van der Waals surface area (Å²) in [5.41, 5.74) is 2.57. The Hall–Kier alpha value is -0.890. The Morgan fingerprint density at radius 3 is 2.62 bits per heavy atom. The van der Waals surface area contributed by atoms with E-state index < -0.39 is 0 Å². The van der Waals surface area contributed by atoms with Gasteiger partial charge in [-0.15, -0.1) is 0 Å². The summed E-state index contributed by atoms with van der Waals surface area (Å²) in [4.78, 5) is 4.44. The molecule has 0 spiro atoms. The maximum Gasteiger partial charge on any atom is 0.0573 e. The van der Waals surface area contributed by atoms with E-state index in [1.165, 1.54) is 24.1 Å². The van der Waals surface area contributed by atoms with Crippen molar-refractivity contribution < 1.29 is 0 Å². The molecule has 0 amide bonds. The van der Waals surface area contributed by atoms with Gasteiger partial charge in [0.1, 0.15) is 0 Å². The molecule has 0 saturated carbocycles. The largest absolute Gasteiger partial charge is 0.311 e. The van der Waals surface area contributed by atoms with Crippen LogP contribution in [0.3, 0.4) is 0 Å². The second kappa shape index (κ2) is 7.39. The summed E-state index contributed by atoms with van der Waals surface area (Å²) >= 11 is 0. The topological polar surface area (TPSA) is 24.9 Å². The highest BCUT2D eigenvalue weighted by Crippen LogP contribution is 2.08. The first-order valence-electron chi connectivity index (χ1n) is 6.45. The van der Waals surface area contributed by atoms with Crippen molar-refractivity contribution in [2.24, 2.45) is 5.92 Å². The summed E-state index contributed by atoms with van der Waals surface area (Å²) in [6, 6.07) is 4.18.